The molecule has 2 atom stereocenters. The summed E-state index contributed by atoms with van der Waals surface area (Å²) in [6.45, 7) is 3.80. The summed E-state index contributed by atoms with van der Waals surface area (Å²) < 4.78 is 5.59. The molecule has 1 heterocycles. The van der Waals surface area contributed by atoms with Crippen molar-refractivity contribution in [2.75, 3.05) is 26.7 Å². The van der Waals surface area contributed by atoms with Crippen molar-refractivity contribution in [3.8, 4) is 0 Å². The number of nitrogens with zero attached hydrogens (tertiary/aromatic N) is 1. The molecule has 0 saturated carbocycles. The quantitative estimate of drug-likeness (QED) is 0.811. The molecule has 96 valence electrons. The Morgan fingerprint density at radius 2 is 2.25 bits per heavy atom. The zero-order chi connectivity index (χ0) is 11.3. The Labute approximate surface area is 104 Å². The van der Waals surface area contributed by atoms with Gasteiger partial charge in [0.25, 0.3) is 0 Å². The number of hydrogen-bond acceptors (Lipinski definition) is 3. The van der Waals surface area contributed by atoms with Crippen molar-refractivity contribution in [1.82, 2.24) is 4.90 Å². The van der Waals surface area contributed by atoms with Crippen LogP contribution in [0.15, 0.2) is 0 Å². The molecule has 5 heteroatoms. The van der Waals surface area contributed by atoms with Gasteiger partial charge in [-0.1, -0.05) is 6.92 Å². The van der Waals surface area contributed by atoms with Gasteiger partial charge in [0.15, 0.2) is 0 Å². The normalized spacial score (nSPS) is 22.1. The lowest BCUT2D eigenvalue weighted by atomic mass is 10.1. The lowest BCUT2D eigenvalue weighted by Gasteiger charge is -2.28. The Kier molecular flexibility index (Phi) is 7.72. The number of likely N-dealkylation sites (N-methyl/N-ethyl adjacent to an activating group) is 1. The first-order chi connectivity index (χ1) is 7.15. The molecule has 0 aliphatic carbocycles. The van der Waals surface area contributed by atoms with Crippen LogP contribution in [0.5, 0.6) is 0 Å². The minimum absolute atomic E-state index is 0. The van der Waals surface area contributed by atoms with E-state index < -0.39 is 0 Å². The van der Waals surface area contributed by atoms with Gasteiger partial charge in [-0.2, -0.15) is 0 Å². The van der Waals surface area contributed by atoms with Crippen molar-refractivity contribution >= 4 is 18.3 Å². The van der Waals surface area contributed by atoms with Crippen molar-refractivity contribution in [3.05, 3.63) is 0 Å². The molecule has 16 heavy (non-hydrogen) atoms. The van der Waals surface area contributed by atoms with Crippen molar-refractivity contribution in [3.63, 3.8) is 0 Å². The van der Waals surface area contributed by atoms with Gasteiger partial charge in [0.05, 0.1) is 6.10 Å². The van der Waals surface area contributed by atoms with E-state index in [2.05, 4.69) is 0 Å². The van der Waals surface area contributed by atoms with Crippen LogP contribution in [0, 0.1) is 5.92 Å². The molecule has 0 aromatic carbocycles. The maximum Gasteiger partial charge on any atom is 0.226 e. The number of carbonyl (C=O) groups excluding carboxylic acids is 1. The fourth-order valence-corrected chi connectivity index (χ4v) is 1.82. The average Bonchev–Trinajstić information content (AvgIpc) is 2.28. The van der Waals surface area contributed by atoms with E-state index in [4.69, 9.17) is 10.5 Å². The van der Waals surface area contributed by atoms with Gasteiger partial charge >= 0.3 is 0 Å². The summed E-state index contributed by atoms with van der Waals surface area (Å²) in [5.74, 6) is 0.0327. The second-order valence-electron chi connectivity index (χ2n) is 4.34. The third-order valence-electron chi connectivity index (χ3n) is 2.90. The van der Waals surface area contributed by atoms with Crippen LogP contribution in [0.4, 0.5) is 0 Å². The molecule has 0 radical (unpaired) electrons. The van der Waals surface area contributed by atoms with Crippen molar-refractivity contribution in [2.24, 2.45) is 11.7 Å². The summed E-state index contributed by atoms with van der Waals surface area (Å²) in [4.78, 5) is 13.5. The fourth-order valence-electron chi connectivity index (χ4n) is 1.82. The summed E-state index contributed by atoms with van der Waals surface area (Å²) in [5, 5.41) is 0. The number of nitrogens with two attached hydrogens (primary N) is 1. The maximum atomic E-state index is 11.7. The lowest BCUT2D eigenvalue weighted by molar-refractivity contribution is -0.135. The predicted octanol–water partition coefficient (Wildman–Crippen LogP) is 1.03. The summed E-state index contributed by atoms with van der Waals surface area (Å²) in [6, 6.07) is 0. The Hall–Kier alpha value is -0.320. The molecule has 1 aliphatic heterocycles. The number of carbonyl (C=O) groups is 1. The van der Waals surface area contributed by atoms with Crippen molar-refractivity contribution < 1.29 is 9.53 Å². The van der Waals surface area contributed by atoms with Crippen LogP contribution in [0.25, 0.3) is 0 Å². The number of halogens is 1. The van der Waals surface area contributed by atoms with Gasteiger partial charge in [-0.15, -0.1) is 12.4 Å². The third kappa shape index (κ3) is 4.68. The number of amides is 1. The van der Waals surface area contributed by atoms with E-state index in [1.807, 2.05) is 14.0 Å². The first-order valence-corrected chi connectivity index (χ1v) is 5.71. The minimum Gasteiger partial charge on any atom is -0.376 e. The lowest BCUT2D eigenvalue weighted by Crippen LogP contribution is -2.41. The van der Waals surface area contributed by atoms with E-state index >= 15 is 0 Å². The van der Waals surface area contributed by atoms with E-state index in [9.17, 15) is 4.79 Å². The third-order valence-corrected chi connectivity index (χ3v) is 2.90. The van der Waals surface area contributed by atoms with E-state index in [0.717, 1.165) is 19.4 Å². The smallest absolute Gasteiger partial charge is 0.226 e. The van der Waals surface area contributed by atoms with Gasteiger partial charge < -0.3 is 15.4 Å². The SMILES string of the molecule is CC(CN)C(=O)N(C)CC1CCCCO1.Cl. The summed E-state index contributed by atoms with van der Waals surface area (Å²) >= 11 is 0. The van der Waals surface area contributed by atoms with Crippen LogP contribution < -0.4 is 5.73 Å². The highest BCUT2D eigenvalue weighted by Crippen LogP contribution is 2.14. The number of ether oxygens (including phenoxy) is 1. The van der Waals surface area contributed by atoms with E-state index in [1.165, 1.54) is 6.42 Å². The minimum atomic E-state index is -0.0846. The molecule has 1 saturated heterocycles. The van der Waals surface area contributed by atoms with Crippen molar-refractivity contribution in [1.29, 1.82) is 0 Å². The highest BCUT2D eigenvalue weighted by atomic mass is 35.5. The standard InChI is InChI=1S/C11H22N2O2.ClH/c1-9(7-12)11(14)13(2)8-10-5-3-4-6-15-10;/h9-10H,3-8,12H2,1-2H3;1H. The van der Waals surface area contributed by atoms with Crippen LogP contribution in [0.1, 0.15) is 26.2 Å². The Bertz CT molecular complexity index is 208. The van der Waals surface area contributed by atoms with Gasteiger partial charge in [-0.05, 0) is 19.3 Å². The molecule has 1 fully saturated rings. The Morgan fingerprint density at radius 1 is 1.56 bits per heavy atom. The second kappa shape index (κ2) is 7.87. The van der Waals surface area contributed by atoms with Crippen LogP contribution >= 0.6 is 12.4 Å². The molecule has 2 N–H and O–H groups in total. The van der Waals surface area contributed by atoms with Crippen LogP contribution in [0.3, 0.4) is 0 Å². The predicted molar refractivity (Wildman–Crippen MR) is 66.7 cm³/mol. The molecule has 0 spiro atoms. The zero-order valence-corrected chi connectivity index (χ0v) is 11.0. The highest BCUT2D eigenvalue weighted by Gasteiger charge is 2.21. The molecular formula is C11H23ClN2O2. The molecule has 1 rings (SSSR count). The average molecular weight is 251 g/mol. The molecule has 0 aromatic rings. The molecular weight excluding hydrogens is 228 g/mol. The van der Waals surface area contributed by atoms with E-state index in [1.54, 1.807) is 4.90 Å². The molecule has 0 bridgehead atoms. The summed E-state index contributed by atoms with van der Waals surface area (Å²) in [6.07, 6.45) is 3.64. The van der Waals surface area contributed by atoms with Crippen LogP contribution in [-0.2, 0) is 9.53 Å². The van der Waals surface area contributed by atoms with Crippen LogP contribution in [-0.4, -0.2) is 43.7 Å². The topological polar surface area (TPSA) is 55.6 Å². The van der Waals surface area contributed by atoms with Crippen molar-refractivity contribution in [2.45, 2.75) is 32.3 Å². The Balaban J connectivity index is 0.00000225. The van der Waals surface area contributed by atoms with E-state index in [0.29, 0.717) is 13.1 Å². The molecule has 4 nitrogen and oxygen atoms in total. The fraction of sp³-hybridized carbons (Fsp3) is 0.909. The van der Waals surface area contributed by atoms with Gasteiger partial charge in [0, 0.05) is 32.7 Å². The number of rotatable bonds is 4. The van der Waals surface area contributed by atoms with Gasteiger partial charge in [0.1, 0.15) is 0 Å². The summed E-state index contributed by atoms with van der Waals surface area (Å²) in [7, 11) is 1.83. The zero-order valence-electron chi connectivity index (χ0n) is 10.1. The summed E-state index contributed by atoms with van der Waals surface area (Å²) in [5.41, 5.74) is 5.47. The van der Waals surface area contributed by atoms with Gasteiger partial charge in [-0.25, -0.2) is 0 Å². The molecule has 2 unspecified atom stereocenters. The first kappa shape index (κ1) is 15.7. The van der Waals surface area contributed by atoms with Gasteiger partial charge in [-0.3, -0.25) is 4.79 Å². The monoisotopic (exact) mass is 250 g/mol. The Morgan fingerprint density at radius 3 is 2.75 bits per heavy atom. The molecule has 1 amide bonds. The van der Waals surface area contributed by atoms with Gasteiger partial charge in [0.2, 0.25) is 5.91 Å². The first-order valence-electron chi connectivity index (χ1n) is 5.71. The largest absolute Gasteiger partial charge is 0.376 e. The highest BCUT2D eigenvalue weighted by molar-refractivity contribution is 5.85. The molecule has 0 aromatic heterocycles. The van der Waals surface area contributed by atoms with Crippen LogP contribution in [0.2, 0.25) is 0 Å². The second-order valence-corrected chi connectivity index (χ2v) is 4.34. The molecule has 1 aliphatic rings. The number of hydrogen-bond donors (Lipinski definition) is 1. The van der Waals surface area contributed by atoms with E-state index in [-0.39, 0.29) is 30.3 Å². The maximum absolute atomic E-state index is 11.7.